The summed E-state index contributed by atoms with van der Waals surface area (Å²) in [6.07, 6.45) is 1.80. The van der Waals surface area contributed by atoms with Crippen molar-refractivity contribution < 1.29 is 8.42 Å². The molecule has 1 aromatic heterocycles. The molecule has 0 spiro atoms. The van der Waals surface area contributed by atoms with E-state index in [0.29, 0.717) is 10.7 Å². The van der Waals surface area contributed by atoms with E-state index < -0.39 is 9.05 Å². The second-order valence-electron chi connectivity index (χ2n) is 2.42. The Morgan fingerprint density at radius 3 is 2.69 bits per heavy atom. The van der Waals surface area contributed by atoms with E-state index >= 15 is 0 Å². The summed E-state index contributed by atoms with van der Waals surface area (Å²) in [6, 6.07) is 3.34. The van der Waals surface area contributed by atoms with Crippen molar-refractivity contribution in [2.45, 2.75) is 6.42 Å². The van der Waals surface area contributed by atoms with Gasteiger partial charge in [-0.25, -0.2) is 8.42 Å². The zero-order valence-corrected chi connectivity index (χ0v) is 8.90. The Balaban J connectivity index is 2.71. The van der Waals surface area contributed by atoms with Crippen LogP contribution in [0.5, 0.6) is 0 Å². The lowest BCUT2D eigenvalue weighted by atomic mass is 10.3. The summed E-state index contributed by atoms with van der Waals surface area (Å²) in [6.45, 7) is 0. The highest BCUT2D eigenvalue weighted by molar-refractivity contribution is 8.13. The van der Waals surface area contributed by atoms with Crippen LogP contribution in [0.25, 0.3) is 0 Å². The molecule has 13 heavy (non-hydrogen) atoms. The van der Waals surface area contributed by atoms with Gasteiger partial charge < -0.3 is 0 Å². The summed E-state index contributed by atoms with van der Waals surface area (Å²) < 4.78 is 21.2. The van der Waals surface area contributed by atoms with Gasteiger partial charge in [0.25, 0.3) is 0 Å². The molecule has 6 heteroatoms. The minimum Gasteiger partial charge on any atom is -0.260 e. The van der Waals surface area contributed by atoms with Gasteiger partial charge in [-0.15, -0.1) is 0 Å². The van der Waals surface area contributed by atoms with Crippen LogP contribution in [0.2, 0.25) is 5.02 Å². The molecule has 0 saturated carbocycles. The zero-order chi connectivity index (χ0) is 9.90. The maximum Gasteiger partial charge on any atom is 0.232 e. The van der Waals surface area contributed by atoms with Crippen LogP contribution in [0.4, 0.5) is 0 Å². The molecule has 0 atom stereocenters. The van der Waals surface area contributed by atoms with Crippen molar-refractivity contribution in [2.75, 3.05) is 5.75 Å². The van der Waals surface area contributed by atoms with Crippen molar-refractivity contribution in [3.05, 3.63) is 29.0 Å². The first-order chi connectivity index (χ1) is 5.99. The highest BCUT2D eigenvalue weighted by Crippen LogP contribution is 2.13. The summed E-state index contributed by atoms with van der Waals surface area (Å²) in [4.78, 5) is 3.93. The average Bonchev–Trinajstić information content (AvgIpc) is 2.01. The number of pyridine rings is 1. The fourth-order valence-corrected chi connectivity index (χ4v) is 1.71. The Morgan fingerprint density at radius 1 is 1.46 bits per heavy atom. The summed E-state index contributed by atoms with van der Waals surface area (Å²) >= 11 is 5.75. The minimum atomic E-state index is -3.47. The van der Waals surface area contributed by atoms with Crippen LogP contribution < -0.4 is 0 Å². The zero-order valence-electron chi connectivity index (χ0n) is 6.57. The van der Waals surface area contributed by atoms with Crippen LogP contribution in [0.3, 0.4) is 0 Å². The molecule has 0 bridgehead atoms. The number of rotatable bonds is 3. The van der Waals surface area contributed by atoms with Gasteiger partial charge in [0.1, 0.15) is 0 Å². The van der Waals surface area contributed by atoms with Gasteiger partial charge in [-0.1, -0.05) is 11.6 Å². The molecule has 0 aromatic carbocycles. The average molecular weight is 240 g/mol. The van der Waals surface area contributed by atoms with E-state index in [2.05, 4.69) is 4.98 Å². The van der Waals surface area contributed by atoms with E-state index in [4.69, 9.17) is 22.3 Å². The van der Waals surface area contributed by atoms with Crippen LogP contribution in [0.15, 0.2) is 18.3 Å². The predicted octanol–water partition coefficient (Wildman–Crippen LogP) is 1.85. The van der Waals surface area contributed by atoms with Gasteiger partial charge in [0.05, 0.1) is 16.5 Å². The van der Waals surface area contributed by atoms with E-state index in [0.717, 1.165) is 0 Å². The molecular formula is C7H7Cl2NO2S. The highest BCUT2D eigenvalue weighted by Gasteiger charge is 2.08. The molecule has 0 saturated heterocycles. The van der Waals surface area contributed by atoms with Crippen LogP contribution in [-0.4, -0.2) is 19.2 Å². The molecule has 0 unspecified atom stereocenters. The standard InChI is InChI=1S/C7H7Cl2NO2S/c8-6-2-1-4-10-7(6)3-5-13(9,11)12/h1-2,4H,3,5H2. The number of hydrogen-bond donors (Lipinski definition) is 0. The summed E-state index contributed by atoms with van der Waals surface area (Å²) in [5.41, 5.74) is 0.549. The molecule has 3 nitrogen and oxygen atoms in total. The molecule has 0 aliphatic heterocycles. The van der Waals surface area contributed by atoms with Gasteiger partial charge in [0, 0.05) is 23.3 Å². The molecule has 1 heterocycles. The Hall–Kier alpha value is -0.320. The van der Waals surface area contributed by atoms with Crippen molar-refractivity contribution in [1.82, 2.24) is 4.98 Å². The molecule has 0 amide bonds. The molecule has 0 aliphatic carbocycles. The van der Waals surface area contributed by atoms with Crippen molar-refractivity contribution in [3.8, 4) is 0 Å². The second kappa shape index (κ2) is 4.26. The first kappa shape index (κ1) is 10.8. The first-order valence-electron chi connectivity index (χ1n) is 3.51. The van der Waals surface area contributed by atoms with E-state index in [1.807, 2.05) is 0 Å². The first-order valence-corrected chi connectivity index (χ1v) is 6.36. The van der Waals surface area contributed by atoms with Crippen LogP contribution in [-0.2, 0) is 15.5 Å². The SMILES string of the molecule is O=S(=O)(Cl)CCc1ncccc1Cl. The van der Waals surface area contributed by atoms with Crippen LogP contribution in [0, 0.1) is 0 Å². The van der Waals surface area contributed by atoms with Crippen molar-refractivity contribution in [2.24, 2.45) is 0 Å². The predicted molar refractivity (Wildman–Crippen MR) is 52.6 cm³/mol. The smallest absolute Gasteiger partial charge is 0.232 e. The monoisotopic (exact) mass is 239 g/mol. The molecule has 1 rings (SSSR count). The third kappa shape index (κ3) is 3.93. The minimum absolute atomic E-state index is 0.148. The second-order valence-corrected chi connectivity index (χ2v) is 5.73. The molecular weight excluding hydrogens is 233 g/mol. The Morgan fingerprint density at radius 2 is 2.15 bits per heavy atom. The lowest BCUT2D eigenvalue weighted by molar-refractivity contribution is 0.608. The van der Waals surface area contributed by atoms with E-state index in [-0.39, 0.29) is 12.2 Å². The molecule has 0 radical (unpaired) electrons. The molecule has 0 aliphatic rings. The third-order valence-electron chi connectivity index (χ3n) is 1.42. The van der Waals surface area contributed by atoms with Crippen LogP contribution >= 0.6 is 22.3 Å². The van der Waals surface area contributed by atoms with Gasteiger partial charge in [0.15, 0.2) is 0 Å². The molecule has 72 valence electrons. The molecule has 0 N–H and O–H groups in total. The van der Waals surface area contributed by atoms with E-state index in [1.165, 1.54) is 0 Å². The Bertz CT molecular complexity index is 391. The number of nitrogens with zero attached hydrogens (tertiary/aromatic N) is 1. The normalized spacial score (nSPS) is 11.5. The Labute approximate surface area is 86.1 Å². The third-order valence-corrected chi connectivity index (χ3v) is 2.92. The van der Waals surface area contributed by atoms with Crippen molar-refractivity contribution >= 4 is 31.3 Å². The maximum absolute atomic E-state index is 10.6. The lowest BCUT2D eigenvalue weighted by Crippen LogP contribution is -2.02. The number of hydrogen-bond acceptors (Lipinski definition) is 3. The van der Waals surface area contributed by atoms with Gasteiger partial charge in [0.2, 0.25) is 9.05 Å². The van der Waals surface area contributed by atoms with Crippen LogP contribution in [0.1, 0.15) is 5.69 Å². The molecule has 1 aromatic rings. The largest absolute Gasteiger partial charge is 0.260 e. The van der Waals surface area contributed by atoms with E-state index in [1.54, 1.807) is 18.3 Å². The maximum atomic E-state index is 10.6. The van der Waals surface area contributed by atoms with Gasteiger partial charge in [-0.2, -0.15) is 0 Å². The lowest BCUT2D eigenvalue weighted by Gasteiger charge is -1.99. The summed E-state index contributed by atoms with van der Waals surface area (Å²) in [5.74, 6) is -0.148. The summed E-state index contributed by atoms with van der Waals surface area (Å²) in [7, 11) is 1.57. The highest BCUT2D eigenvalue weighted by atomic mass is 35.7. The Kier molecular flexibility index (Phi) is 3.53. The fourth-order valence-electron chi connectivity index (χ4n) is 0.821. The fraction of sp³-hybridized carbons (Fsp3) is 0.286. The number of aryl methyl sites for hydroxylation is 1. The van der Waals surface area contributed by atoms with Gasteiger partial charge in [-0.05, 0) is 12.1 Å². The van der Waals surface area contributed by atoms with Crippen molar-refractivity contribution in [3.63, 3.8) is 0 Å². The molecule has 0 fully saturated rings. The van der Waals surface area contributed by atoms with Gasteiger partial charge in [-0.3, -0.25) is 4.98 Å². The quantitative estimate of drug-likeness (QED) is 0.757. The van der Waals surface area contributed by atoms with E-state index in [9.17, 15) is 8.42 Å². The number of halogens is 2. The van der Waals surface area contributed by atoms with Crippen molar-refractivity contribution in [1.29, 1.82) is 0 Å². The topological polar surface area (TPSA) is 47.0 Å². The van der Waals surface area contributed by atoms with Gasteiger partial charge >= 0.3 is 0 Å². The summed E-state index contributed by atoms with van der Waals surface area (Å²) in [5, 5.41) is 0.461. The number of aromatic nitrogens is 1.